The number of rotatable bonds is 8. The van der Waals surface area contributed by atoms with Crippen molar-refractivity contribution in [2.24, 2.45) is 17.2 Å². The molecular weight excluding hydrogens is 226 g/mol. The Morgan fingerprint density at radius 2 is 1.88 bits per heavy atom. The van der Waals surface area contributed by atoms with E-state index in [1.165, 1.54) is 6.92 Å². The number of carboxylic acids is 1. The van der Waals surface area contributed by atoms with Gasteiger partial charge in [0.1, 0.15) is 18.2 Å². The first kappa shape index (κ1) is 15.8. The lowest BCUT2D eigenvalue weighted by molar-refractivity contribution is -0.154. The van der Waals surface area contributed by atoms with E-state index in [9.17, 15) is 9.59 Å². The van der Waals surface area contributed by atoms with Gasteiger partial charge in [-0.2, -0.15) is 0 Å². The zero-order chi connectivity index (χ0) is 13.4. The maximum atomic E-state index is 11.4. The molecule has 0 aromatic rings. The molecule has 0 amide bonds. The van der Waals surface area contributed by atoms with Crippen LogP contribution < -0.4 is 17.2 Å². The summed E-state index contributed by atoms with van der Waals surface area (Å²) in [4.78, 5) is 22.0. The fourth-order valence-corrected chi connectivity index (χ4v) is 1.17. The van der Waals surface area contributed by atoms with E-state index >= 15 is 0 Å². The molecule has 7 N–H and O–H groups in total. The molecule has 0 saturated carbocycles. The summed E-state index contributed by atoms with van der Waals surface area (Å²) >= 11 is 0. The molecule has 0 bridgehead atoms. The normalized spacial score (nSPS) is 16.0. The minimum atomic E-state index is -1.24. The molecule has 0 radical (unpaired) electrons. The van der Waals surface area contributed by atoms with Crippen LogP contribution in [0.25, 0.3) is 0 Å². The molecule has 0 heterocycles. The SMILES string of the molecule is CC(OC(=O)C(N)CCCCN)C(N)C(=O)O. The van der Waals surface area contributed by atoms with Crippen LogP contribution in [-0.2, 0) is 14.3 Å². The van der Waals surface area contributed by atoms with Crippen LogP contribution in [0.3, 0.4) is 0 Å². The van der Waals surface area contributed by atoms with Crippen molar-refractivity contribution in [3.63, 3.8) is 0 Å². The summed E-state index contributed by atoms with van der Waals surface area (Å²) in [5, 5.41) is 8.62. The van der Waals surface area contributed by atoms with Gasteiger partial charge in [-0.25, -0.2) is 0 Å². The summed E-state index contributed by atoms with van der Waals surface area (Å²) in [5.74, 6) is -1.85. The lowest BCUT2D eigenvalue weighted by Gasteiger charge is -2.19. The average molecular weight is 247 g/mol. The fourth-order valence-electron chi connectivity index (χ4n) is 1.17. The number of hydrogen-bond acceptors (Lipinski definition) is 6. The molecule has 7 nitrogen and oxygen atoms in total. The fraction of sp³-hybridized carbons (Fsp3) is 0.800. The number of ether oxygens (including phenoxy) is 1. The number of carbonyl (C=O) groups excluding carboxylic acids is 1. The van der Waals surface area contributed by atoms with Crippen LogP contribution in [-0.4, -0.2) is 41.8 Å². The summed E-state index contributed by atoms with van der Waals surface area (Å²) in [5.41, 5.74) is 16.2. The molecule has 3 atom stereocenters. The Balaban J connectivity index is 4.02. The number of aliphatic carboxylic acids is 1. The summed E-state index contributed by atoms with van der Waals surface area (Å²) in [6, 6.07) is -2.00. The first-order chi connectivity index (χ1) is 7.90. The van der Waals surface area contributed by atoms with E-state index < -0.39 is 30.1 Å². The third-order valence-corrected chi connectivity index (χ3v) is 2.36. The van der Waals surface area contributed by atoms with Crippen molar-refractivity contribution < 1.29 is 19.4 Å². The molecule has 0 aromatic heterocycles. The molecule has 3 unspecified atom stereocenters. The van der Waals surface area contributed by atoms with E-state index in [4.69, 9.17) is 27.0 Å². The largest absolute Gasteiger partial charge is 0.480 e. The molecule has 0 aliphatic rings. The van der Waals surface area contributed by atoms with E-state index in [1.807, 2.05) is 0 Å². The highest BCUT2D eigenvalue weighted by Crippen LogP contribution is 2.04. The standard InChI is InChI=1S/C10H21N3O4/c1-6(8(13)9(14)15)17-10(16)7(12)4-2-3-5-11/h6-8H,2-5,11-13H2,1H3,(H,14,15). The number of carboxylic acid groups (broad SMARTS) is 1. The molecule has 0 aliphatic carbocycles. The van der Waals surface area contributed by atoms with Gasteiger partial charge in [-0.05, 0) is 26.3 Å². The van der Waals surface area contributed by atoms with Crippen molar-refractivity contribution >= 4 is 11.9 Å². The monoisotopic (exact) mass is 247 g/mol. The van der Waals surface area contributed by atoms with Crippen molar-refractivity contribution in [1.29, 1.82) is 0 Å². The zero-order valence-corrected chi connectivity index (χ0v) is 9.96. The average Bonchev–Trinajstić information content (AvgIpc) is 2.27. The van der Waals surface area contributed by atoms with E-state index in [0.717, 1.165) is 12.8 Å². The van der Waals surface area contributed by atoms with E-state index in [0.29, 0.717) is 13.0 Å². The summed E-state index contributed by atoms with van der Waals surface area (Å²) in [6.45, 7) is 1.96. The lowest BCUT2D eigenvalue weighted by atomic mass is 10.1. The topological polar surface area (TPSA) is 142 Å². The summed E-state index contributed by atoms with van der Waals surface area (Å²) < 4.78 is 4.86. The third-order valence-electron chi connectivity index (χ3n) is 2.36. The Kier molecular flexibility index (Phi) is 7.44. The predicted molar refractivity (Wildman–Crippen MR) is 62.0 cm³/mol. The van der Waals surface area contributed by atoms with Crippen molar-refractivity contribution in [3.05, 3.63) is 0 Å². The van der Waals surface area contributed by atoms with Crippen LogP contribution >= 0.6 is 0 Å². The Morgan fingerprint density at radius 1 is 1.29 bits per heavy atom. The Bertz CT molecular complexity index is 260. The molecular formula is C10H21N3O4. The van der Waals surface area contributed by atoms with Gasteiger partial charge in [-0.1, -0.05) is 6.42 Å². The van der Waals surface area contributed by atoms with Gasteiger partial charge in [0.05, 0.1) is 0 Å². The second-order valence-corrected chi connectivity index (χ2v) is 3.90. The van der Waals surface area contributed by atoms with Crippen molar-refractivity contribution in [2.45, 2.75) is 44.4 Å². The number of carbonyl (C=O) groups is 2. The molecule has 17 heavy (non-hydrogen) atoms. The first-order valence-corrected chi connectivity index (χ1v) is 5.54. The molecule has 0 spiro atoms. The van der Waals surface area contributed by atoms with Crippen LogP contribution in [0.2, 0.25) is 0 Å². The number of esters is 1. The molecule has 0 saturated heterocycles. The van der Waals surface area contributed by atoms with Gasteiger partial charge in [-0.3, -0.25) is 9.59 Å². The molecule has 7 heteroatoms. The van der Waals surface area contributed by atoms with Crippen LogP contribution in [0.4, 0.5) is 0 Å². The summed E-state index contributed by atoms with van der Waals surface area (Å²) in [7, 11) is 0. The highest BCUT2D eigenvalue weighted by atomic mass is 16.5. The molecule has 0 aliphatic heterocycles. The van der Waals surface area contributed by atoms with Crippen molar-refractivity contribution in [2.75, 3.05) is 6.54 Å². The Hall–Kier alpha value is -1.18. The number of unbranched alkanes of at least 4 members (excludes halogenated alkanes) is 1. The third kappa shape index (κ3) is 6.20. The van der Waals surface area contributed by atoms with Gasteiger partial charge in [0.15, 0.2) is 0 Å². The second-order valence-electron chi connectivity index (χ2n) is 3.90. The minimum absolute atomic E-state index is 0.463. The predicted octanol–water partition coefficient (Wildman–Crippen LogP) is -1.21. The van der Waals surface area contributed by atoms with Gasteiger partial charge in [0.25, 0.3) is 0 Å². The van der Waals surface area contributed by atoms with Crippen molar-refractivity contribution in [1.82, 2.24) is 0 Å². The van der Waals surface area contributed by atoms with E-state index in [1.54, 1.807) is 0 Å². The maximum absolute atomic E-state index is 11.4. The highest BCUT2D eigenvalue weighted by molar-refractivity contribution is 5.77. The quantitative estimate of drug-likeness (QED) is 0.311. The van der Waals surface area contributed by atoms with Gasteiger partial charge in [0, 0.05) is 0 Å². The van der Waals surface area contributed by atoms with Gasteiger partial charge in [0.2, 0.25) is 0 Å². The highest BCUT2D eigenvalue weighted by Gasteiger charge is 2.25. The molecule has 0 aromatic carbocycles. The van der Waals surface area contributed by atoms with Crippen LogP contribution in [0, 0.1) is 0 Å². The minimum Gasteiger partial charge on any atom is -0.480 e. The van der Waals surface area contributed by atoms with Crippen molar-refractivity contribution in [3.8, 4) is 0 Å². The second kappa shape index (κ2) is 7.99. The van der Waals surface area contributed by atoms with E-state index in [-0.39, 0.29) is 0 Å². The zero-order valence-electron chi connectivity index (χ0n) is 9.96. The maximum Gasteiger partial charge on any atom is 0.324 e. The molecule has 100 valence electrons. The molecule has 0 rings (SSSR count). The number of nitrogens with two attached hydrogens (primary N) is 3. The lowest BCUT2D eigenvalue weighted by Crippen LogP contribution is -2.45. The van der Waals surface area contributed by atoms with Gasteiger partial charge >= 0.3 is 11.9 Å². The van der Waals surface area contributed by atoms with Crippen LogP contribution in [0.1, 0.15) is 26.2 Å². The molecule has 0 fully saturated rings. The first-order valence-electron chi connectivity index (χ1n) is 5.54. The van der Waals surface area contributed by atoms with Crippen LogP contribution in [0.15, 0.2) is 0 Å². The van der Waals surface area contributed by atoms with Gasteiger partial charge in [-0.15, -0.1) is 0 Å². The number of hydrogen-bond donors (Lipinski definition) is 4. The summed E-state index contributed by atoms with van der Waals surface area (Å²) in [6.07, 6.45) is 1.07. The van der Waals surface area contributed by atoms with E-state index in [2.05, 4.69) is 0 Å². The smallest absolute Gasteiger partial charge is 0.324 e. The van der Waals surface area contributed by atoms with Crippen LogP contribution in [0.5, 0.6) is 0 Å². The Labute approximate surface area is 100 Å². The van der Waals surface area contributed by atoms with Gasteiger partial charge < -0.3 is 27.0 Å². The Morgan fingerprint density at radius 3 is 2.35 bits per heavy atom.